The largest absolute Gasteiger partial charge is 0.486 e. The number of carbonyl (C=O) groups is 1. The van der Waals surface area contributed by atoms with Crippen LogP contribution < -0.4 is 20.3 Å². The Labute approximate surface area is 172 Å². The fourth-order valence-electron chi connectivity index (χ4n) is 3.12. The van der Waals surface area contributed by atoms with E-state index < -0.39 is 0 Å². The van der Waals surface area contributed by atoms with E-state index in [0.717, 1.165) is 0 Å². The summed E-state index contributed by atoms with van der Waals surface area (Å²) in [6, 6.07) is 14.1. The molecule has 1 aliphatic rings. The van der Waals surface area contributed by atoms with Crippen LogP contribution in [0.3, 0.4) is 0 Å². The summed E-state index contributed by atoms with van der Waals surface area (Å²) in [6.07, 6.45) is 0.666. The van der Waals surface area contributed by atoms with E-state index in [0.29, 0.717) is 54.6 Å². The van der Waals surface area contributed by atoms with Crippen LogP contribution in [0.4, 0.5) is 10.1 Å². The normalized spacial score (nSPS) is 12.4. The lowest BCUT2D eigenvalue weighted by molar-refractivity contribution is -0.116. The summed E-state index contributed by atoms with van der Waals surface area (Å²) in [5, 5.41) is 7.14. The predicted octanol–water partition coefficient (Wildman–Crippen LogP) is 3.24. The third-order valence-electron chi connectivity index (χ3n) is 4.61. The Morgan fingerprint density at radius 3 is 2.60 bits per heavy atom. The zero-order chi connectivity index (χ0) is 20.9. The molecule has 154 valence electrons. The van der Waals surface area contributed by atoms with E-state index in [9.17, 15) is 14.0 Å². The van der Waals surface area contributed by atoms with Crippen molar-refractivity contribution in [2.75, 3.05) is 18.5 Å². The Hall–Kier alpha value is -3.68. The third kappa shape index (κ3) is 4.65. The smallest absolute Gasteiger partial charge is 0.266 e. The van der Waals surface area contributed by atoms with Crippen molar-refractivity contribution in [3.63, 3.8) is 0 Å². The summed E-state index contributed by atoms with van der Waals surface area (Å²) in [5.41, 5.74) is 1.64. The van der Waals surface area contributed by atoms with Gasteiger partial charge in [-0.25, -0.2) is 9.07 Å². The van der Waals surface area contributed by atoms with Gasteiger partial charge >= 0.3 is 0 Å². The van der Waals surface area contributed by atoms with Crippen LogP contribution in [0.2, 0.25) is 0 Å². The molecule has 1 aromatic heterocycles. The van der Waals surface area contributed by atoms with Gasteiger partial charge in [0.05, 0.1) is 5.69 Å². The highest BCUT2D eigenvalue weighted by molar-refractivity contribution is 5.91. The van der Waals surface area contributed by atoms with Crippen LogP contribution in [-0.4, -0.2) is 28.9 Å². The number of hydrogen-bond donors (Lipinski definition) is 1. The highest BCUT2D eigenvalue weighted by atomic mass is 19.1. The second kappa shape index (κ2) is 8.77. The van der Waals surface area contributed by atoms with Crippen molar-refractivity contribution >= 4 is 11.6 Å². The minimum atomic E-state index is -0.337. The average Bonchev–Trinajstić information content (AvgIpc) is 2.75. The van der Waals surface area contributed by atoms with Crippen LogP contribution in [0.1, 0.15) is 12.8 Å². The molecule has 0 radical (unpaired) electrons. The second-order valence-electron chi connectivity index (χ2n) is 6.80. The minimum Gasteiger partial charge on any atom is -0.486 e. The summed E-state index contributed by atoms with van der Waals surface area (Å²) >= 11 is 0. The molecule has 8 heteroatoms. The number of carbonyl (C=O) groups excluding carboxylic acids is 1. The van der Waals surface area contributed by atoms with Gasteiger partial charge in [0, 0.05) is 36.3 Å². The monoisotopic (exact) mass is 409 g/mol. The first-order valence-electron chi connectivity index (χ1n) is 9.62. The zero-order valence-corrected chi connectivity index (χ0v) is 16.1. The Morgan fingerprint density at radius 1 is 1.03 bits per heavy atom. The third-order valence-corrected chi connectivity index (χ3v) is 4.61. The van der Waals surface area contributed by atoms with E-state index in [1.54, 1.807) is 36.4 Å². The van der Waals surface area contributed by atoms with Gasteiger partial charge in [0.25, 0.3) is 5.56 Å². The molecule has 0 saturated carbocycles. The molecule has 0 atom stereocenters. The molecule has 1 N–H and O–H groups in total. The molecule has 30 heavy (non-hydrogen) atoms. The summed E-state index contributed by atoms with van der Waals surface area (Å²) < 4.78 is 25.4. The SMILES string of the molecule is O=C(CCCn1nc(-c2ccc(F)cc2)ccc1=O)Nc1ccc2c(c1)OCCO2. The van der Waals surface area contributed by atoms with Gasteiger partial charge in [-0.3, -0.25) is 9.59 Å². The lowest BCUT2D eigenvalue weighted by Gasteiger charge is -2.19. The van der Waals surface area contributed by atoms with E-state index in [4.69, 9.17) is 9.47 Å². The highest BCUT2D eigenvalue weighted by Gasteiger charge is 2.13. The number of fused-ring (bicyclic) bond motifs is 1. The Morgan fingerprint density at radius 2 is 1.80 bits per heavy atom. The van der Waals surface area contributed by atoms with E-state index in [2.05, 4.69) is 10.4 Å². The van der Waals surface area contributed by atoms with Gasteiger partial charge < -0.3 is 14.8 Å². The lowest BCUT2D eigenvalue weighted by Crippen LogP contribution is -2.23. The average molecular weight is 409 g/mol. The Balaban J connectivity index is 1.34. The highest BCUT2D eigenvalue weighted by Crippen LogP contribution is 2.32. The molecule has 0 unspecified atom stereocenters. The number of anilines is 1. The van der Waals surface area contributed by atoms with Gasteiger partial charge in [0.15, 0.2) is 11.5 Å². The number of halogens is 1. The molecule has 4 rings (SSSR count). The molecular weight excluding hydrogens is 389 g/mol. The van der Waals surface area contributed by atoms with Crippen LogP contribution >= 0.6 is 0 Å². The molecule has 0 saturated heterocycles. The number of nitrogens with one attached hydrogen (secondary N) is 1. The van der Waals surface area contributed by atoms with Crippen LogP contribution in [0.25, 0.3) is 11.3 Å². The number of hydrogen-bond acceptors (Lipinski definition) is 5. The number of benzene rings is 2. The maximum absolute atomic E-state index is 13.1. The van der Waals surface area contributed by atoms with Crippen molar-refractivity contribution in [2.45, 2.75) is 19.4 Å². The van der Waals surface area contributed by atoms with E-state index in [1.165, 1.54) is 22.9 Å². The summed E-state index contributed by atoms with van der Waals surface area (Å²) in [7, 11) is 0. The fourth-order valence-corrected chi connectivity index (χ4v) is 3.12. The summed E-state index contributed by atoms with van der Waals surface area (Å²) in [6.45, 7) is 1.28. The fraction of sp³-hybridized carbons (Fsp3) is 0.227. The number of nitrogens with zero attached hydrogens (tertiary/aromatic N) is 2. The number of ether oxygens (including phenoxy) is 2. The van der Waals surface area contributed by atoms with Crippen molar-refractivity contribution < 1.29 is 18.7 Å². The Bertz CT molecular complexity index is 1110. The lowest BCUT2D eigenvalue weighted by atomic mass is 10.1. The predicted molar refractivity (Wildman–Crippen MR) is 109 cm³/mol. The maximum atomic E-state index is 13.1. The van der Waals surface area contributed by atoms with E-state index in [1.807, 2.05) is 0 Å². The molecule has 1 amide bonds. The molecular formula is C22H20FN3O4. The van der Waals surface area contributed by atoms with Crippen LogP contribution in [-0.2, 0) is 11.3 Å². The van der Waals surface area contributed by atoms with Gasteiger partial charge in [-0.2, -0.15) is 5.10 Å². The first kappa shape index (κ1) is 19.6. The van der Waals surface area contributed by atoms with Crippen molar-refractivity contribution in [1.82, 2.24) is 9.78 Å². The minimum absolute atomic E-state index is 0.172. The molecule has 1 aliphatic heterocycles. The molecule has 7 nitrogen and oxygen atoms in total. The number of aryl methyl sites for hydroxylation is 1. The van der Waals surface area contributed by atoms with Crippen LogP contribution in [0.5, 0.6) is 11.5 Å². The first-order chi connectivity index (χ1) is 14.6. The number of aromatic nitrogens is 2. The second-order valence-corrected chi connectivity index (χ2v) is 6.80. The number of rotatable bonds is 6. The molecule has 0 fully saturated rings. The van der Waals surface area contributed by atoms with Gasteiger partial charge in [-0.15, -0.1) is 0 Å². The molecule has 0 bridgehead atoms. The van der Waals surface area contributed by atoms with E-state index >= 15 is 0 Å². The maximum Gasteiger partial charge on any atom is 0.266 e. The Kier molecular flexibility index (Phi) is 5.74. The van der Waals surface area contributed by atoms with Crippen LogP contribution in [0.15, 0.2) is 59.4 Å². The van der Waals surface area contributed by atoms with Crippen molar-refractivity contribution in [1.29, 1.82) is 0 Å². The van der Waals surface area contributed by atoms with Gasteiger partial charge in [-0.1, -0.05) is 0 Å². The summed E-state index contributed by atoms with van der Waals surface area (Å²) in [5.74, 6) is 0.753. The van der Waals surface area contributed by atoms with Gasteiger partial charge in [0.1, 0.15) is 19.0 Å². The van der Waals surface area contributed by atoms with Crippen LogP contribution in [0, 0.1) is 5.82 Å². The first-order valence-corrected chi connectivity index (χ1v) is 9.62. The van der Waals surface area contributed by atoms with Gasteiger partial charge in [-0.05, 0) is 48.9 Å². The van der Waals surface area contributed by atoms with Crippen molar-refractivity contribution in [3.8, 4) is 22.8 Å². The van der Waals surface area contributed by atoms with Gasteiger partial charge in [0.2, 0.25) is 5.91 Å². The summed E-state index contributed by atoms with van der Waals surface area (Å²) in [4.78, 5) is 24.3. The van der Waals surface area contributed by atoms with Crippen molar-refractivity contribution in [3.05, 3.63) is 70.8 Å². The standard InChI is InChI=1S/C22H20FN3O4/c23-16-5-3-15(4-6-16)18-8-10-22(28)26(25-18)11-1-2-21(27)24-17-7-9-19-20(14-17)30-13-12-29-19/h3-10,14H,1-2,11-13H2,(H,24,27). The molecule has 2 aromatic carbocycles. The molecule has 3 aromatic rings. The molecule has 2 heterocycles. The quantitative estimate of drug-likeness (QED) is 0.676. The van der Waals surface area contributed by atoms with Crippen molar-refractivity contribution in [2.24, 2.45) is 0 Å². The topological polar surface area (TPSA) is 82.5 Å². The van der Waals surface area contributed by atoms with E-state index in [-0.39, 0.29) is 23.7 Å². The molecule has 0 spiro atoms. The molecule has 0 aliphatic carbocycles. The zero-order valence-electron chi connectivity index (χ0n) is 16.1. The number of amides is 1.